The topological polar surface area (TPSA) is 20.2 Å². The van der Waals surface area contributed by atoms with E-state index in [-0.39, 0.29) is 33.1 Å². The molecule has 0 saturated carbocycles. The van der Waals surface area contributed by atoms with Crippen molar-refractivity contribution in [2.45, 2.75) is 33.3 Å². The molecule has 0 aromatic carbocycles. The normalized spacial score (nSPS) is 14.7. The lowest BCUT2D eigenvalue weighted by atomic mass is 10.0. The summed E-state index contributed by atoms with van der Waals surface area (Å²) in [6.07, 6.45) is 0.933. The summed E-state index contributed by atoms with van der Waals surface area (Å²) in [7, 11) is 0. The molecule has 0 radical (unpaired) electrons. The first-order valence-corrected chi connectivity index (χ1v) is 2.86. The molecule has 0 aliphatic carbocycles. The van der Waals surface area contributed by atoms with E-state index >= 15 is 0 Å². The van der Waals surface area contributed by atoms with Crippen LogP contribution in [0.5, 0.6) is 0 Å². The Morgan fingerprint density at radius 2 is 1.56 bits per heavy atom. The van der Waals surface area contributed by atoms with Gasteiger partial charge < -0.3 is 5.11 Å². The highest BCUT2D eigenvalue weighted by Gasteiger charge is 2.03. The molecule has 0 saturated heterocycles. The Hall–Kier alpha value is 0.660. The van der Waals surface area contributed by atoms with E-state index in [0.717, 1.165) is 6.42 Å². The first-order chi connectivity index (χ1) is 3.18. The molecule has 0 aromatic rings. The molecular weight excluding hydrogens is 152 g/mol. The zero-order chi connectivity index (χ0) is 5.86. The molecule has 60 valence electrons. The Balaban J connectivity index is -0.000000180. The zero-order valence-corrected chi connectivity index (χ0v) is 8.31. The minimum absolute atomic E-state index is 0. The molecule has 0 heterocycles. The number of hydrogen-bond acceptors (Lipinski definition) is 1. The Bertz CT molecular complexity index is 48.3. The van der Waals surface area contributed by atoms with E-state index in [2.05, 4.69) is 6.92 Å². The van der Waals surface area contributed by atoms with Crippen LogP contribution in [0.4, 0.5) is 0 Å². The summed E-state index contributed by atoms with van der Waals surface area (Å²) >= 11 is 0. The maximum atomic E-state index is 8.82. The van der Waals surface area contributed by atoms with E-state index in [9.17, 15) is 0 Å². The van der Waals surface area contributed by atoms with E-state index in [4.69, 9.17) is 5.11 Å². The molecule has 9 heavy (non-hydrogen) atoms. The van der Waals surface area contributed by atoms with Gasteiger partial charge in [-0.1, -0.05) is 20.3 Å². The molecular formula is C6H18OS2. The first-order valence-electron chi connectivity index (χ1n) is 2.86. The molecule has 1 nitrogen and oxygen atoms in total. The standard InChI is InChI=1S/C6H14O.2H2S/c1-4-5(2)6(3)7;;/h5-7H,4H2,1-3H3;2*1H2. The predicted octanol–water partition coefficient (Wildman–Crippen LogP) is 1.64. The Morgan fingerprint density at radius 3 is 1.56 bits per heavy atom. The van der Waals surface area contributed by atoms with Crippen LogP contribution in [0.1, 0.15) is 27.2 Å². The fourth-order valence-electron chi connectivity index (χ4n) is 0.341. The second-order valence-electron chi connectivity index (χ2n) is 2.13. The minimum Gasteiger partial charge on any atom is -0.393 e. The van der Waals surface area contributed by atoms with Crippen molar-refractivity contribution in [3.63, 3.8) is 0 Å². The van der Waals surface area contributed by atoms with Crippen LogP contribution in [0, 0.1) is 5.92 Å². The monoisotopic (exact) mass is 170 g/mol. The van der Waals surface area contributed by atoms with Crippen LogP contribution in [-0.4, -0.2) is 11.2 Å². The Labute approximate surface area is 71.7 Å². The van der Waals surface area contributed by atoms with Crippen molar-refractivity contribution >= 4 is 27.0 Å². The molecule has 0 spiro atoms. The van der Waals surface area contributed by atoms with Crippen LogP contribution >= 0.6 is 27.0 Å². The highest BCUT2D eigenvalue weighted by atomic mass is 32.1. The third-order valence-electron chi connectivity index (χ3n) is 1.47. The second-order valence-corrected chi connectivity index (χ2v) is 2.13. The third kappa shape index (κ3) is 8.66. The number of rotatable bonds is 2. The van der Waals surface area contributed by atoms with E-state index in [0.29, 0.717) is 5.92 Å². The highest BCUT2D eigenvalue weighted by Crippen LogP contribution is 2.04. The maximum Gasteiger partial charge on any atom is 0.0537 e. The van der Waals surface area contributed by atoms with Crippen LogP contribution in [0.15, 0.2) is 0 Å². The van der Waals surface area contributed by atoms with Crippen molar-refractivity contribution in [2.75, 3.05) is 0 Å². The molecule has 2 unspecified atom stereocenters. The van der Waals surface area contributed by atoms with E-state index in [1.807, 2.05) is 13.8 Å². The van der Waals surface area contributed by atoms with Gasteiger partial charge in [-0.05, 0) is 12.8 Å². The van der Waals surface area contributed by atoms with Gasteiger partial charge in [0.15, 0.2) is 0 Å². The van der Waals surface area contributed by atoms with Gasteiger partial charge in [-0.25, -0.2) is 0 Å². The molecule has 0 aromatic heterocycles. The van der Waals surface area contributed by atoms with Crippen molar-refractivity contribution < 1.29 is 5.11 Å². The fourth-order valence-corrected chi connectivity index (χ4v) is 0.341. The molecule has 2 atom stereocenters. The van der Waals surface area contributed by atoms with Crippen LogP contribution < -0.4 is 0 Å². The second kappa shape index (κ2) is 8.66. The van der Waals surface area contributed by atoms with Crippen LogP contribution in [0.25, 0.3) is 0 Å². The lowest BCUT2D eigenvalue weighted by Gasteiger charge is -2.09. The van der Waals surface area contributed by atoms with Gasteiger partial charge in [0.1, 0.15) is 0 Å². The summed E-state index contributed by atoms with van der Waals surface area (Å²) in [6.45, 7) is 5.95. The Morgan fingerprint density at radius 1 is 1.22 bits per heavy atom. The fraction of sp³-hybridized carbons (Fsp3) is 1.00. The van der Waals surface area contributed by atoms with Gasteiger partial charge in [0.05, 0.1) is 6.10 Å². The van der Waals surface area contributed by atoms with Crippen LogP contribution in [-0.2, 0) is 0 Å². The minimum atomic E-state index is -0.134. The summed E-state index contributed by atoms with van der Waals surface area (Å²) in [5, 5.41) is 8.82. The van der Waals surface area contributed by atoms with Gasteiger partial charge in [-0.3, -0.25) is 0 Å². The number of aliphatic hydroxyl groups is 1. The quantitative estimate of drug-likeness (QED) is 0.668. The lowest BCUT2D eigenvalue weighted by molar-refractivity contribution is 0.133. The average molecular weight is 170 g/mol. The van der Waals surface area contributed by atoms with E-state index in [1.165, 1.54) is 0 Å². The van der Waals surface area contributed by atoms with Crippen molar-refractivity contribution in [3.8, 4) is 0 Å². The summed E-state index contributed by atoms with van der Waals surface area (Å²) < 4.78 is 0. The maximum absolute atomic E-state index is 8.82. The molecule has 0 fully saturated rings. The predicted molar refractivity (Wildman–Crippen MR) is 51.9 cm³/mol. The van der Waals surface area contributed by atoms with Gasteiger partial charge in [0.25, 0.3) is 0 Å². The van der Waals surface area contributed by atoms with Gasteiger partial charge in [0.2, 0.25) is 0 Å². The summed E-state index contributed by atoms with van der Waals surface area (Å²) in [5.74, 6) is 0.458. The van der Waals surface area contributed by atoms with Gasteiger partial charge >= 0.3 is 0 Å². The molecule has 1 N–H and O–H groups in total. The summed E-state index contributed by atoms with van der Waals surface area (Å²) in [6, 6.07) is 0. The highest BCUT2D eigenvalue weighted by molar-refractivity contribution is 7.59. The molecule has 0 rings (SSSR count). The molecule has 0 aliphatic rings. The lowest BCUT2D eigenvalue weighted by Crippen LogP contribution is -2.10. The molecule has 0 aliphatic heterocycles. The average Bonchev–Trinajstić information content (AvgIpc) is 1.65. The van der Waals surface area contributed by atoms with Crippen LogP contribution in [0.2, 0.25) is 0 Å². The summed E-state index contributed by atoms with van der Waals surface area (Å²) in [5.41, 5.74) is 0. The largest absolute Gasteiger partial charge is 0.393 e. The SMILES string of the molecule is CCC(C)C(C)O.S.S. The Kier molecular flexibility index (Phi) is 15.7. The van der Waals surface area contributed by atoms with Crippen LogP contribution in [0.3, 0.4) is 0 Å². The number of aliphatic hydroxyl groups excluding tert-OH is 1. The molecule has 0 amide bonds. The van der Waals surface area contributed by atoms with Gasteiger partial charge in [-0.2, -0.15) is 27.0 Å². The molecule has 0 bridgehead atoms. The zero-order valence-electron chi connectivity index (χ0n) is 6.31. The smallest absolute Gasteiger partial charge is 0.0537 e. The third-order valence-corrected chi connectivity index (χ3v) is 1.47. The van der Waals surface area contributed by atoms with E-state index < -0.39 is 0 Å². The van der Waals surface area contributed by atoms with E-state index in [1.54, 1.807) is 0 Å². The van der Waals surface area contributed by atoms with Crippen molar-refractivity contribution in [3.05, 3.63) is 0 Å². The van der Waals surface area contributed by atoms with Crippen molar-refractivity contribution in [2.24, 2.45) is 5.92 Å². The van der Waals surface area contributed by atoms with Crippen molar-refractivity contribution in [1.29, 1.82) is 0 Å². The van der Waals surface area contributed by atoms with Gasteiger partial charge in [0, 0.05) is 0 Å². The number of hydrogen-bond donors (Lipinski definition) is 1. The van der Waals surface area contributed by atoms with Crippen molar-refractivity contribution in [1.82, 2.24) is 0 Å². The first kappa shape index (κ1) is 16.3. The van der Waals surface area contributed by atoms with Gasteiger partial charge in [-0.15, -0.1) is 0 Å². The summed E-state index contributed by atoms with van der Waals surface area (Å²) in [4.78, 5) is 0. The molecule has 3 heteroatoms.